The van der Waals surface area contributed by atoms with Crippen LogP contribution in [0.2, 0.25) is 0 Å². The monoisotopic (exact) mass is 318 g/mol. The van der Waals surface area contributed by atoms with Gasteiger partial charge in [-0.3, -0.25) is 4.79 Å². The molecule has 3 rings (SSSR count). The van der Waals surface area contributed by atoms with Crippen LogP contribution in [-0.2, 0) is 13.2 Å². The zero-order valence-corrected chi connectivity index (χ0v) is 13.2. The molecule has 0 aliphatic rings. The van der Waals surface area contributed by atoms with Crippen molar-refractivity contribution in [3.8, 4) is 11.5 Å². The molecule has 0 atom stereocenters. The van der Waals surface area contributed by atoms with Gasteiger partial charge in [0.25, 0.3) is 0 Å². The Morgan fingerprint density at radius 1 is 0.667 bits per heavy atom. The summed E-state index contributed by atoms with van der Waals surface area (Å²) in [6.07, 6.45) is 0.817. The average molecular weight is 318 g/mol. The van der Waals surface area contributed by atoms with Gasteiger partial charge in [-0.1, -0.05) is 42.5 Å². The number of ether oxygens (including phenoxy) is 2. The Balaban J connectivity index is 1.57. The van der Waals surface area contributed by atoms with E-state index in [0.717, 1.165) is 28.9 Å². The molecular formula is C21H18O3. The third kappa shape index (κ3) is 4.46. The summed E-state index contributed by atoms with van der Waals surface area (Å²) in [4.78, 5) is 10.6. The van der Waals surface area contributed by atoms with Gasteiger partial charge in [0, 0.05) is 5.56 Å². The van der Waals surface area contributed by atoms with E-state index in [9.17, 15) is 4.79 Å². The largest absolute Gasteiger partial charge is 0.489 e. The molecule has 0 fully saturated rings. The number of carbonyl (C=O) groups excluding carboxylic acids is 1. The summed E-state index contributed by atoms with van der Waals surface area (Å²) in [6.45, 7) is 0.987. The molecular weight excluding hydrogens is 300 g/mol. The molecule has 0 spiro atoms. The van der Waals surface area contributed by atoms with Crippen molar-refractivity contribution in [2.24, 2.45) is 0 Å². The molecule has 0 aliphatic carbocycles. The molecule has 120 valence electrons. The number of hydrogen-bond donors (Lipinski definition) is 0. The second-order valence-corrected chi connectivity index (χ2v) is 5.40. The fourth-order valence-corrected chi connectivity index (χ4v) is 2.28. The molecule has 3 aromatic carbocycles. The highest BCUT2D eigenvalue weighted by Gasteiger charge is 2.00. The molecule has 0 amide bonds. The molecule has 0 radical (unpaired) electrons. The van der Waals surface area contributed by atoms with Crippen LogP contribution >= 0.6 is 0 Å². The standard InChI is InChI=1S/C21H18O3/c22-14-17-9-11-20(12-10-17)23-16-19-7-4-8-21(13-19)24-15-18-5-2-1-3-6-18/h1-14H,15-16H2. The normalized spacial score (nSPS) is 10.2. The van der Waals surface area contributed by atoms with Gasteiger partial charge in [0.15, 0.2) is 0 Å². The van der Waals surface area contributed by atoms with Crippen molar-refractivity contribution >= 4 is 6.29 Å². The molecule has 0 N–H and O–H groups in total. The number of carbonyl (C=O) groups is 1. The summed E-state index contributed by atoms with van der Waals surface area (Å²) in [5.74, 6) is 1.55. The predicted molar refractivity (Wildman–Crippen MR) is 93.4 cm³/mol. The minimum Gasteiger partial charge on any atom is -0.489 e. The lowest BCUT2D eigenvalue weighted by molar-refractivity contribution is 0.112. The van der Waals surface area contributed by atoms with Crippen molar-refractivity contribution in [2.45, 2.75) is 13.2 Å². The second kappa shape index (κ2) is 7.97. The maximum Gasteiger partial charge on any atom is 0.150 e. The van der Waals surface area contributed by atoms with E-state index >= 15 is 0 Å². The van der Waals surface area contributed by atoms with Crippen LogP contribution in [0.25, 0.3) is 0 Å². The molecule has 3 aromatic rings. The lowest BCUT2D eigenvalue weighted by Gasteiger charge is -2.09. The second-order valence-electron chi connectivity index (χ2n) is 5.40. The zero-order valence-electron chi connectivity index (χ0n) is 13.2. The maximum atomic E-state index is 10.6. The van der Waals surface area contributed by atoms with Gasteiger partial charge in [0.2, 0.25) is 0 Å². The lowest BCUT2D eigenvalue weighted by Crippen LogP contribution is -1.98. The average Bonchev–Trinajstić information content (AvgIpc) is 2.66. The van der Waals surface area contributed by atoms with E-state index in [1.807, 2.05) is 54.6 Å². The Morgan fingerprint density at radius 2 is 1.33 bits per heavy atom. The van der Waals surface area contributed by atoms with E-state index in [0.29, 0.717) is 18.8 Å². The fraction of sp³-hybridized carbons (Fsp3) is 0.0952. The highest BCUT2D eigenvalue weighted by Crippen LogP contribution is 2.18. The third-order valence-corrected chi connectivity index (χ3v) is 3.57. The number of aldehydes is 1. The third-order valence-electron chi connectivity index (χ3n) is 3.57. The van der Waals surface area contributed by atoms with Gasteiger partial charge in [-0.05, 0) is 47.5 Å². The molecule has 3 nitrogen and oxygen atoms in total. The van der Waals surface area contributed by atoms with Gasteiger partial charge in [-0.2, -0.15) is 0 Å². The van der Waals surface area contributed by atoms with Crippen molar-refractivity contribution in [1.82, 2.24) is 0 Å². The molecule has 0 saturated carbocycles. The summed E-state index contributed by atoms with van der Waals surface area (Å²) in [5.41, 5.74) is 2.80. The quantitative estimate of drug-likeness (QED) is 0.595. The first-order valence-corrected chi connectivity index (χ1v) is 7.77. The molecule has 0 heterocycles. The minimum atomic E-state index is 0.447. The molecule has 0 bridgehead atoms. The topological polar surface area (TPSA) is 35.5 Å². The van der Waals surface area contributed by atoms with Crippen LogP contribution in [0.1, 0.15) is 21.5 Å². The molecule has 0 aromatic heterocycles. The number of rotatable bonds is 7. The summed E-state index contributed by atoms with van der Waals surface area (Å²) in [6, 6.07) is 25.0. The summed E-state index contributed by atoms with van der Waals surface area (Å²) >= 11 is 0. The van der Waals surface area contributed by atoms with E-state index in [1.54, 1.807) is 24.3 Å². The summed E-state index contributed by atoms with van der Waals surface area (Å²) < 4.78 is 11.6. The van der Waals surface area contributed by atoms with Gasteiger partial charge in [-0.25, -0.2) is 0 Å². The first kappa shape index (κ1) is 15.8. The Bertz CT molecular complexity index is 780. The molecule has 0 saturated heterocycles. The fourth-order valence-electron chi connectivity index (χ4n) is 2.28. The zero-order chi connectivity index (χ0) is 16.6. The van der Waals surface area contributed by atoms with Gasteiger partial charge in [0.05, 0.1) is 0 Å². The molecule has 3 heteroatoms. The van der Waals surface area contributed by atoms with Crippen molar-refractivity contribution in [2.75, 3.05) is 0 Å². The van der Waals surface area contributed by atoms with Crippen molar-refractivity contribution in [1.29, 1.82) is 0 Å². The van der Waals surface area contributed by atoms with E-state index in [-0.39, 0.29) is 0 Å². The molecule has 0 aliphatic heterocycles. The van der Waals surface area contributed by atoms with Crippen LogP contribution < -0.4 is 9.47 Å². The Hall–Kier alpha value is -3.07. The van der Waals surface area contributed by atoms with E-state index < -0.39 is 0 Å². The SMILES string of the molecule is O=Cc1ccc(OCc2cccc(OCc3ccccc3)c2)cc1. The first-order chi connectivity index (χ1) is 11.8. The van der Waals surface area contributed by atoms with Crippen LogP contribution in [0, 0.1) is 0 Å². The van der Waals surface area contributed by atoms with Crippen molar-refractivity contribution in [3.05, 3.63) is 95.6 Å². The van der Waals surface area contributed by atoms with Crippen LogP contribution in [0.5, 0.6) is 11.5 Å². The van der Waals surface area contributed by atoms with Crippen LogP contribution in [0.15, 0.2) is 78.9 Å². The smallest absolute Gasteiger partial charge is 0.150 e. The van der Waals surface area contributed by atoms with E-state index in [1.165, 1.54) is 0 Å². The van der Waals surface area contributed by atoms with Crippen molar-refractivity contribution < 1.29 is 14.3 Å². The minimum absolute atomic E-state index is 0.447. The highest BCUT2D eigenvalue weighted by molar-refractivity contribution is 5.74. The van der Waals surface area contributed by atoms with Crippen LogP contribution in [0.4, 0.5) is 0 Å². The molecule has 0 unspecified atom stereocenters. The number of hydrogen-bond acceptors (Lipinski definition) is 3. The first-order valence-electron chi connectivity index (χ1n) is 7.77. The predicted octanol–water partition coefficient (Wildman–Crippen LogP) is 4.66. The Morgan fingerprint density at radius 3 is 2.08 bits per heavy atom. The maximum absolute atomic E-state index is 10.6. The number of benzene rings is 3. The van der Waals surface area contributed by atoms with E-state index in [2.05, 4.69) is 0 Å². The van der Waals surface area contributed by atoms with Gasteiger partial charge in [0.1, 0.15) is 31.0 Å². The lowest BCUT2D eigenvalue weighted by atomic mass is 10.2. The van der Waals surface area contributed by atoms with Gasteiger partial charge in [-0.15, -0.1) is 0 Å². The van der Waals surface area contributed by atoms with Gasteiger partial charge < -0.3 is 9.47 Å². The van der Waals surface area contributed by atoms with Crippen molar-refractivity contribution in [3.63, 3.8) is 0 Å². The summed E-state index contributed by atoms with van der Waals surface area (Å²) in [7, 11) is 0. The van der Waals surface area contributed by atoms with Gasteiger partial charge >= 0.3 is 0 Å². The summed E-state index contributed by atoms with van der Waals surface area (Å²) in [5, 5.41) is 0. The van der Waals surface area contributed by atoms with E-state index in [4.69, 9.17) is 9.47 Å². The van der Waals surface area contributed by atoms with Crippen LogP contribution in [0.3, 0.4) is 0 Å². The molecule has 24 heavy (non-hydrogen) atoms. The Kier molecular flexibility index (Phi) is 5.25. The highest BCUT2D eigenvalue weighted by atomic mass is 16.5. The Labute approximate surface area is 141 Å². The van der Waals surface area contributed by atoms with Crippen LogP contribution in [-0.4, -0.2) is 6.29 Å².